The van der Waals surface area contributed by atoms with Gasteiger partial charge in [-0.1, -0.05) is 6.07 Å². The maximum atomic E-state index is 9.84. The number of rotatable bonds is 8. The number of aliphatic hydroxyl groups excluding tert-OH is 1. The smallest absolute Gasteiger partial charge is 0.0897 e. The number of aliphatic hydroxyl groups is 1. The van der Waals surface area contributed by atoms with Crippen molar-refractivity contribution in [3.8, 4) is 0 Å². The molecule has 1 saturated heterocycles. The van der Waals surface area contributed by atoms with Crippen LogP contribution in [-0.4, -0.2) is 43.7 Å². The first-order valence-electron chi connectivity index (χ1n) is 6.90. The molecular formula is C14H23NO3S. The minimum absolute atomic E-state index is 0.227. The second-order valence-electron chi connectivity index (χ2n) is 4.97. The number of thiophene rings is 1. The van der Waals surface area contributed by atoms with Gasteiger partial charge in [-0.05, 0) is 31.2 Å². The third-order valence-corrected chi connectivity index (χ3v) is 4.32. The van der Waals surface area contributed by atoms with Gasteiger partial charge in [-0.3, -0.25) is 0 Å². The third kappa shape index (κ3) is 5.20. The number of hydrogen-bond donors (Lipinski definition) is 2. The lowest BCUT2D eigenvalue weighted by Gasteiger charge is -2.17. The van der Waals surface area contributed by atoms with E-state index < -0.39 is 6.10 Å². The van der Waals surface area contributed by atoms with Crippen LogP contribution < -0.4 is 5.32 Å². The van der Waals surface area contributed by atoms with Crippen LogP contribution in [0.4, 0.5) is 0 Å². The fraction of sp³-hybridized carbons (Fsp3) is 0.714. The van der Waals surface area contributed by atoms with Gasteiger partial charge < -0.3 is 19.9 Å². The van der Waals surface area contributed by atoms with E-state index in [1.807, 2.05) is 6.07 Å². The van der Waals surface area contributed by atoms with Gasteiger partial charge in [-0.2, -0.15) is 0 Å². The molecule has 1 aromatic heterocycles. The fourth-order valence-electron chi connectivity index (χ4n) is 2.12. The van der Waals surface area contributed by atoms with Crippen molar-refractivity contribution in [2.45, 2.75) is 38.0 Å². The highest BCUT2D eigenvalue weighted by molar-refractivity contribution is 7.10. The van der Waals surface area contributed by atoms with E-state index in [1.54, 1.807) is 11.3 Å². The van der Waals surface area contributed by atoms with Gasteiger partial charge in [0.25, 0.3) is 0 Å². The Morgan fingerprint density at radius 2 is 2.53 bits per heavy atom. The average Bonchev–Trinajstić information content (AvgIpc) is 3.08. The van der Waals surface area contributed by atoms with Crippen molar-refractivity contribution in [1.29, 1.82) is 0 Å². The van der Waals surface area contributed by atoms with E-state index in [2.05, 4.69) is 23.7 Å². The Morgan fingerprint density at radius 1 is 1.63 bits per heavy atom. The topological polar surface area (TPSA) is 50.7 Å². The van der Waals surface area contributed by atoms with E-state index >= 15 is 0 Å². The molecule has 1 aliphatic rings. The van der Waals surface area contributed by atoms with Gasteiger partial charge in [0.05, 0.1) is 25.4 Å². The molecule has 0 bridgehead atoms. The van der Waals surface area contributed by atoms with Gasteiger partial charge in [-0.25, -0.2) is 0 Å². The van der Waals surface area contributed by atoms with Crippen molar-refractivity contribution in [3.63, 3.8) is 0 Å². The van der Waals surface area contributed by atoms with Crippen molar-refractivity contribution >= 4 is 11.3 Å². The second kappa shape index (κ2) is 7.97. The van der Waals surface area contributed by atoms with Gasteiger partial charge in [0.15, 0.2) is 0 Å². The normalized spacial score (nSPS) is 22.5. The van der Waals surface area contributed by atoms with E-state index in [1.165, 1.54) is 4.88 Å². The quantitative estimate of drug-likeness (QED) is 0.766. The highest BCUT2D eigenvalue weighted by Crippen LogP contribution is 2.17. The minimum Gasteiger partial charge on any atom is -0.389 e. The Bertz CT molecular complexity index is 338. The molecule has 5 heteroatoms. The summed E-state index contributed by atoms with van der Waals surface area (Å²) in [6, 6.07) is 4.41. The van der Waals surface area contributed by atoms with Crippen LogP contribution in [0.25, 0.3) is 0 Å². The Balaban J connectivity index is 1.55. The predicted octanol–water partition coefficient (Wildman–Crippen LogP) is 1.96. The van der Waals surface area contributed by atoms with E-state index in [4.69, 9.17) is 9.47 Å². The van der Waals surface area contributed by atoms with Crippen LogP contribution in [0, 0.1) is 0 Å². The molecule has 0 aliphatic carbocycles. The maximum Gasteiger partial charge on any atom is 0.0897 e. The first-order valence-corrected chi connectivity index (χ1v) is 7.78. The summed E-state index contributed by atoms with van der Waals surface area (Å²) in [7, 11) is 0. The molecular weight excluding hydrogens is 262 g/mol. The predicted molar refractivity (Wildman–Crippen MR) is 76.5 cm³/mol. The Hall–Kier alpha value is -0.460. The molecule has 0 amide bonds. The van der Waals surface area contributed by atoms with Crippen molar-refractivity contribution in [2.75, 3.05) is 26.4 Å². The maximum absolute atomic E-state index is 9.84. The van der Waals surface area contributed by atoms with Gasteiger partial charge in [0.1, 0.15) is 0 Å². The molecule has 19 heavy (non-hydrogen) atoms. The molecule has 0 radical (unpaired) electrons. The van der Waals surface area contributed by atoms with Crippen molar-refractivity contribution < 1.29 is 14.6 Å². The summed E-state index contributed by atoms with van der Waals surface area (Å²) in [6.45, 7) is 4.45. The Labute approximate surface area is 118 Å². The van der Waals surface area contributed by atoms with E-state index in [-0.39, 0.29) is 12.1 Å². The van der Waals surface area contributed by atoms with E-state index in [0.29, 0.717) is 19.8 Å². The van der Waals surface area contributed by atoms with Gasteiger partial charge in [0.2, 0.25) is 0 Å². The van der Waals surface area contributed by atoms with Crippen molar-refractivity contribution in [2.24, 2.45) is 0 Å². The van der Waals surface area contributed by atoms with Crippen LogP contribution in [0.5, 0.6) is 0 Å². The van der Waals surface area contributed by atoms with E-state index in [9.17, 15) is 5.11 Å². The minimum atomic E-state index is -0.469. The van der Waals surface area contributed by atoms with Crippen molar-refractivity contribution in [3.05, 3.63) is 22.4 Å². The molecule has 2 heterocycles. The Kier molecular flexibility index (Phi) is 6.26. The van der Waals surface area contributed by atoms with Crippen LogP contribution in [-0.2, 0) is 9.47 Å². The monoisotopic (exact) mass is 285 g/mol. The summed E-state index contributed by atoms with van der Waals surface area (Å²) in [5.74, 6) is 0. The number of ether oxygens (including phenoxy) is 2. The molecule has 0 spiro atoms. The standard InChI is InChI=1S/C14H23NO3S/c1-11(14-5-3-7-19-14)15-8-12(16)9-17-10-13-4-2-6-18-13/h3,5,7,11-13,15-16H,2,4,6,8-10H2,1H3. The summed E-state index contributed by atoms with van der Waals surface area (Å²) in [5, 5.41) is 15.2. The molecule has 1 aromatic rings. The molecule has 1 fully saturated rings. The van der Waals surface area contributed by atoms with Crippen LogP contribution in [0.2, 0.25) is 0 Å². The summed E-state index contributed by atoms with van der Waals surface area (Å²) in [4.78, 5) is 1.28. The lowest BCUT2D eigenvalue weighted by Crippen LogP contribution is -2.32. The van der Waals surface area contributed by atoms with Gasteiger partial charge in [-0.15, -0.1) is 11.3 Å². The third-order valence-electron chi connectivity index (χ3n) is 3.27. The lowest BCUT2D eigenvalue weighted by atomic mass is 10.2. The molecule has 3 unspecified atom stereocenters. The first kappa shape index (κ1) is 14.9. The zero-order chi connectivity index (χ0) is 13.5. The summed E-state index contributed by atoms with van der Waals surface area (Å²) in [6.07, 6.45) is 1.95. The van der Waals surface area contributed by atoms with Crippen LogP contribution in [0.1, 0.15) is 30.7 Å². The Morgan fingerprint density at radius 3 is 3.21 bits per heavy atom. The molecule has 3 atom stereocenters. The highest BCUT2D eigenvalue weighted by Gasteiger charge is 2.16. The lowest BCUT2D eigenvalue weighted by molar-refractivity contribution is -0.0168. The second-order valence-corrected chi connectivity index (χ2v) is 5.95. The SMILES string of the molecule is CC(NCC(O)COCC1CCCO1)c1cccs1. The van der Waals surface area contributed by atoms with Crippen LogP contribution in [0.3, 0.4) is 0 Å². The van der Waals surface area contributed by atoms with E-state index in [0.717, 1.165) is 19.4 Å². The van der Waals surface area contributed by atoms with Gasteiger partial charge in [0, 0.05) is 24.1 Å². The van der Waals surface area contributed by atoms with Crippen LogP contribution >= 0.6 is 11.3 Å². The first-order chi connectivity index (χ1) is 9.25. The highest BCUT2D eigenvalue weighted by atomic mass is 32.1. The molecule has 2 N–H and O–H groups in total. The zero-order valence-corrected chi connectivity index (χ0v) is 12.2. The molecule has 4 nitrogen and oxygen atoms in total. The number of hydrogen-bond acceptors (Lipinski definition) is 5. The molecule has 0 aromatic carbocycles. The summed E-state index contributed by atoms with van der Waals surface area (Å²) < 4.78 is 11.0. The molecule has 1 aliphatic heterocycles. The molecule has 0 saturated carbocycles. The largest absolute Gasteiger partial charge is 0.389 e. The average molecular weight is 285 g/mol. The van der Waals surface area contributed by atoms with Crippen molar-refractivity contribution in [1.82, 2.24) is 5.32 Å². The van der Waals surface area contributed by atoms with Crippen LogP contribution in [0.15, 0.2) is 17.5 Å². The summed E-state index contributed by atoms with van der Waals surface area (Å²) >= 11 is 1.73. The molecule has 2 rings (SSSR count). The molecule has 108 valence electrons. The van der Waals surface area contributed by atoms with Gasteiger partial charge >= 0.3 is 0 Å². The summed E-state index contributed by atoms with van der Waals surface area (Å²) in [5.41, 5.74) is 0. The zero-order valence-electron chi connectivity index (χ0n) is 11.4. The number of nitrogens with one attached hydrogen (secondary N) is 1. The fourth-order valence-corrected chi connectivity index (χ4v) is 2.88.